The number of hydrogen-bond donors (Lipinski definition) is 2. The van der Waals surface area contributed by atoms with Gasteiger partial charge in [-0.1, -0.05) is 0 Å². The summed E-state index contributed by atoms with van der Waals surface area (Å²) < 4.78 is 37.1. The summed E-state index contributed by atoms with van der Waals surface area (Å²) in [5.41, 5.74) is 0.561. The fourth-order valence-electron chi connectivity index (χ4n) is 5.00. The number of rotatable bonds is 5. The van der Waals surface area contributed by atoms with Crippen LogP contribution in [0.5, 0.6) is 0 Å². The van der Waals surface area contributed by atoms with Gasteiger partial charge < -0.3 is 29.5 Å². The fraction of sp³-hybridized carbons (Fsp3) is 0.462. The second-order valence-corrected chi connectivity index (χ2v) is 9.97. The average Bonchev–Trinajstić information content (AvgIpc) is 3.48. The Hall–Kier alpha value is -3.80. The Bertz CT molecular complexity index is 1360. The number of anilines is 2. The second kappa shape index (κ2) is 10.5. The zero-order chi connectivity index (χ0) is 27.0. The Kier molecular flexibility index (Phi) is 7.15. The van der Waals surface area contributed by atoms with Crippen LogP contribution in [-0.2, 0) is 4.74 Å². The minimum atomic E-state index is -0.692. The highest BCUT2D eigenvalue weighted by atomic mass is 19.1. The molecule has 0 unspecified atom stereocenters. The van der Waals surface area contributed by atoms with Gasteiger partial charge in [-0.3, -0.25) is 4.79 Å². The number of β-amino-alcohol motifs (C(OH)–C–C–N with tert-alkyl or cyclic N) is 1. The zero-order valence-corrected chi connectivity index (χ0v) is 21.2. The number of ether oxygens (including phenoxy) is 1. The average molecular weight is 529 g/mol. The van der Waals surface area contributed by atoms with Crippen molar-refractivity contribution < 1.29 is 28.2 Å². The minimum absolute atomic E-state index is 0.0344. The molecule has 202 valence electrons. The Labute approximate surface area is 218 Å². The lowest BCUT2D eigenvalue weighted by atomic mass is 10.1. The van der Waals surface area contributed by atoms with Crippen LogP contribution >= 0.6 is 0 Å². The number of aliphatic hydroxyl groups excluding tert-OH is 1. The Balaban J connectivity index is 1.33. The van der Waals surface area contributed by atoms with Gasteiger partial charge in [-0.05, 0) is 51.3 Å². The topological polar surface area (TPSA) is 113 Å². The maximum Gasteiger partial charge on any atom is 0.410 e. The van der Waals surface area contributed by atoms with Crippen molar-refractivity contribution in [3.63, 3.8) is 0 Å². The number of hydrogen-bond acceptors (Lipinski definition) is 7. The van der Waals surface area contributed by atoms with Crippen molar-refractivity contribution in [3.05, 3.63) is 47.9 Å². The van der Waals surface area contributed by atoms with E-state index in [1.807, 2.05) is 0 Å². The third-order valence-corrected chi connectivity index (χ3v) is 6.94. The van der Waals surface area contributed by atoms with Crippen LogP contribution in [0, 0.1) is 11.6 Å². The predicted octanol–water partition coefficient (Wildman–Crippen LogP) is 3.84. The number of nitrogens with zero attached hydrogens (tertiary/aromatic N) is 5. The molecule has 2 fully saturated rings. The molecular weight excluding hydrogens is 498 g/mol. The maximum absolute atomic E-state index is 15.2. The summed E-state index contributed by atoms with van der Waals surface area (Å²) in [5, 5.41) is 12.6. The number of carbonyl (C=O) groups excluding carboxylic acids is 2. The Morgan fingerprint density at radius 2 is 1.82 bits per heavy atom. The number of nitrogens with one attached hydrogen (secondary N) is 1. The van der Waals surface area contributed by atoms with Crippen LogP contribution in [0.2, 0.25) is 0 Å². The van der Waals surface area contributed by atoms with Gasteiger partial charge in [0.2, 0.25) is 0 Å². The number of aliphatic hydroxyl groups is 1. The van der Waals surface area contributed by atoms with Gasteiger partial charge in [0.15, 0.2) is 5.82 Å². The number of amides is 2. The van der Waals surface area contributed by atoms with E-state index in [2.05, 4.69) is 15.3 Å². The number of likely N-dealkylation sites (tertiary alicyclic amines) is 2. The molecule has 10 nitrogen and oxygen atoms in total. The number of benzene rings is 1. The number of aromatic nitrogens is 3. The molecule has 2 aromatic heterocycles. The lowest BCUT2D eigenvalue weighted by molar-refractivity contribution is 0.0662. The van der Waals surface area contributed by atoms with Crippen LogP contribution in [0.15, 0.2) is 30.7 Å². The molecule has 0 bridgehead atoms. The molecule has 0 radical (unpaired) electrons. The molecule has 2 aliphatic rings. The normalized spacial score (nSPS) is 18.4. The summed E-state index contributed by atoms with van der Waals surface area (Å²) in [4.78, 5) is 36.4. The van der Waals surface area contributed by atoms with Crippen molar-refractivity contribution in [1.29, 1.82) is 0 Å². The van der Waals surface area contributed by atoms with Gasteiger partial charge in [-0.15, -0.1) is 0 Å². The minimum Gasteiger partial charge on any atom is -0.447 e. The van der Waals surface area contributed by atoms with E-state index in [1.54, 1.807) is 23.3 Å². The van der Waals surface area contributed by atoms with E-state index < -0.39 is 17.7 Å². The molecule has 1 atom stereocenters. The molecule has 4 heterocycles. The van der Waals surface area contributed by atoms with E-state index in [0.29, 0.717) is 44.5 Å². The van der Waals surface area contributed by atoms with E-state index in [1.165, 1.54) is 29.6 Å². The maximum atomic E-state index is 15.2. The summed E-state index contributed by atoms with van der Waals surface area (Å²) >= 11 is 0. The SMILES string of the molecule is CC(C)OC(=O)N1CCC(n2cc(F)c3c(Nc4ccc(C(=O)N5CC[C@@H](O)C5)cc4F)ncnc32)CC1. The van der Waals surface area contributed by atoms with E-state index in [-0.39, 0.29) is 53.1 Å². The quantitative estimate of drug-likeness (QED) is 0.517. The number of fused-ring (bicyclic) bond motifs is 1. The van der Waals surface area contributed by atoms with Crippen molar-refractivity contribution in [2.24, 2.45) is 0 Å². The van der Waals surface area contributed by atoms with Crippen LogP contribution in [-0.4, -0.2) is 79.8 Å². The molecule has 3 aromatic rings. The molecule has 2 aliphatic heterocycles. The van der Waals surface area contributed by atoms with Gasteiger partial charge in [0.25, 0.3) is 5.91 Å². The zero-order valence-electron chi connectivity index (χ0n) is 21.2. The van der Waals surface area contributed by atoms with E-state index >= 15 is 4.39 Å². The molecule has 0 spiro atoms. The molecule has 5 rings (SSSR count). The van der Waals surface area contributed by atoms with Crippen LogP contribution in [0.25, 0.3) is 11.0 Å². The highest BCUT2D eigenvalue weighted by molar-refractivity contribution is 5.95. The Morgan fingerprint density at radius 1 is 1.08 bits per heavy atom. The van der Waals surface area contributed by atoms with Gasteiger partial charge in [-0.25, -0.2) is 23.5 Å². The largest absolute Gasteiger partial charge is 0.447 e. The Morgan fingerprint density at radius 3 is 2.47 bits per heavy atom. The highest BCUT2D eigenvalue weighted by Gasteiger charge is 2.29. The molecule has 2 amide bonds. The second-order valence-electron chi connectivity index (χ2n) is 9.97. The molecule has 2 saturated heterocycles. The lowest BCUT2D eigenvalue weighted by Crippen LogP contribution is -2.40. The van der Waals surface area contributed by atoms with Crippen molar-refractivity contribution in [2.45, 2.75) is 51.4 Å². The van der Waals surface area contributed by atoms with Crippen molar-refractivity contribution in [3.8, 4) is 0 Å². The molecular formula is C26H30F2N6O4. The van der Waals surface area contributed by atoms with E-state index in [9.17, 15) is 19.1 Å². The van der Waals surface area contributed by atoms with Gasteiger partial charge in [0, 0.05) is 44.0 Å². The molecule has 38 heavy (non-hydrogen) atoms. The lowest BCUT2D eigenvalue weighted by Gasteiger charge is -2.32. The first-order chi connectivity index (χ1) is 18.2. The predicted molar refractivity (Wildman–Crippen MR) is 135 cm³/mol. The van der Waals surface area contributed by atoms with Gasteiger partial charge >= 0.3 is 6.09 Å². The smallest absolute Gasteiger partial charge is 0.410 e. The van der Waals surface area contributed by atoms with Crippen molar-refractivity contribution >= 4 is 34.5 Å². The van der Waals surface area contributed by atoms with E-state index in [0.717, 1.165) is 6.07 Å². The first-order valence-corrected chi connectivity index (χ1v) is 12.7. The van der Waals surface area contributed by atoms with Crippen LogP contribution in [0.1, 0.15) is 49.5 Å². The first kappa shape index (κ1) is 25.8. The summed E-state index contributed by atoms with van der Waals surface area (Å²) in [6.07, 6.45) is 3.20. The highest BCUT2D eigenvalue weighted by Crippen LogP contribution is 2.33. The monoisotopic (exact) mass is 528 g/mol. The van der Waals surface area contributed by atoms with Crippen LogP contribution < -0.4 is 5.32 Å². The van der Waals surface area contributed by atoms with Gasteiger partial charge in [0.05, 0.1) is 23.3 Å². The molecule has 0 saturated carbocycles. The molecule has 0 aliphatic carbocycles. The van der Waals surface area contributed by atoms with E-state index in [4.69, 9.17) is 4.74 Å². The standard InChI is InChI=1S/C26H30F2N6O4/c1-15(2)38-26(37)32-8-5-17(6-9-32)34-13-20(28)22-23(29-14-30-24(22)34)31-21-4-3-16(11-19(21)27)25(36)33-10-7-18(35)12-33/h3-4,11,13-15,17-18,35H,5-10,12H2,1-2H3,(H,29,30,31)/t18-/m1/s1. The van der Waals surface area contributed by atoms with Gasteiger partial charge in [0.1, 0.15) is 23.6 Å². The van der Waals surface area contributed by atoms with Gasteiger partial charge in [-0.2, -0.15) is 0 Å². The summed E-state index contributed by atoms with van der Waals surface area (Å²) in [6, 6.07) is 3.92. The molecule has 2 N–H and O–H groups in total. The summed E-state index contributed by atoms with van der Waals surface area (Å²) in [7, 11) is 0. The molecule has 12 heteroatoms. The van der Waals surface area contributed by atoms with Crippen molar-refractivity contribution in [2.75, 3.05) is 31.5 Å². The first-order valence-electron chi connectivity index (χ1n) is 12.7. The number of piperidine rings is 1. The van der Waals surface area contributed by atoms with Crippen molar-refractivity contribution in [1.82, 2.24) is 24.3 Å². The fourth-order valence-corrected chi connectivity index (χ4v) is 5.00. The number of halogens is 2. The van der Waals surface area contributed by atoms with Crippen LogP contribution in [0.3, 0.4) is 0 Å². The number of carbonyl (C=O) groups is 2. The molecule has 1 aromatic carbocycles. The third-order valence-electron chi connectivity index (χ3n) is 6.94. The summed E-state index contributed by atoms with van der Waals surface area (Å²) in [5.74, 6) is -1.50. The summed E-state index contributed by atoms with van der Waals surface area (Å²) in [6.45, 7) is 5.17. The third kappa shape index (κ3) is 5.13. The van der Waals surface area contributed by atoms with Crippen LogP contribution in [0.4, 0.5) is 25.1 Å².